The average Bonchev–Trinajstić information content (AvgIpc) is 2.26. The summed E-state index contributed by atoms with van der Waals surface area (Å²) in [5.41, 5.74) is 0. The third-order valence-electron chi connectivity index (χ3n) is 3.13. The summed E-state index contributed by atoms with van der Waals surface area (Å²) in [7, 11) is 1.76. The van der Waals surface area contributed by atoms with Crippen LogP contribution in [0.15, 0.2) is 0 Å². The maximum Gasteiger partial charge on any atom is 0.0587 e. The molecule has 0 atom stereocenters. The van der Waals surface area contributed by atoms with Gasteiger partial charge in [0.1, 0.15) is 0 Å². The molecular formula is C11H23NOS. The van der Waals surface area contributed by atoms with Gasteiger partial charge in [0, 0.05) is 24.9 Å². The summed E-state index contributed by atoms with van der Waals surface area (Å²) < 4.78 is 5.55. The van der Waals surface area contributed by atoms with Gasteiger partial charge >= 0.3 is 0 Å². The van der Waals surface area contributed by atoms with Crippen molar-refractivity contribution in [1.82, 2.24) is 5.32 Å². The van der Waals surface area contributed by atoms with Crippen LogP contribution in [-0.4, -0.2) is 37.8 Å². The Labute approximate surface area is 92.2 Å². The van der Waals surface area contributed by atoms with Crippen molar-refractivity contribution in [2.45, 2.75) is 36.9 Å². The van der Waals surface area contributed by atoms with Crippen molar-refractivity contribution in [2.24, 2.45) is 0 Å². The molecule has 1 rings (SSSR count). The molecule has 0 aromatic heterocycles. The molecule has 0 amide bonds. The van der Waals surface area contributed by atoms with E-state index in [4.69, 9.17) is 4.74 Å². The topological polar surface area (TPSA) is 21.3 Å². The van der Waals surface area contributed by atoms with Gasteiger partial charge in [0.2, 0.25) is 0 Å². The second kappa shape index (κ2) is 6.70. The molecule has 3 heteroatoms. The van der Waals surface area contributed by atoms with Crippen molar-refractivity contribution in [1.29, 1.82) is 0 Å². The number of thioether (sulfide) groups is 1. The van der Waals surface area contributed by atoms with Gasteiger partial charge in [-0.1, -0.05) is 19.3 Å². The maximum atomic E-state index is 5.03. The number of rotatable bonds is 6. The van der Waals surface area contributed by atoms with Crippen molar-refractivity contribution < 1.29 is 4.74 Å². The molecule has 1 aliphatic carbocycles. The van der Waals surface area contributed by atoms with Gasteiger partial charge in [-0.2, -0.15) is 11.8 Å². The van der Waals surface area contributed by atoms with Gasteiger partial charge in [-0.05, 0) is 19.1 Å². The lowest BCUT2D eigenvalue weighted by molar-refractivity contribution is 0.197. The van der Waals surface area contributed by atoms with Crippen LogP contribution in [0.3, 0.4) is 0 Å². The van der Waals surface area contributed by atoms with Crippen LogP contribution in [0, 0.1) is 0 Å². The Morgan fingerprint density at radius 3 is 2.57 bits per heavy atom. The first-order chi connectivity index (χ1) is 6.83. The summed E-state index contributed by atoms with van der Waals surface area (Å²) >= 11 is 2.05. The van der Waals surface area contributed by atoms with Gasteiger partial charge in [0.15, 0.2) is 0 Å². The largest absolute Gasteiger partial charge is 0.383 e. The van der Waals surface area contributed by atoms with Gasteiger partial charge in [0.05, 0.1) is 6.61 Å². The molecule has 84 valence electrons. The lowest BCUT2D eigenvalue weighted by Crippen LogP contribution is -2.40. The second-order valence-corrected chi connectivity index (χ2v) is 5.39. The number of hydrogen-bond donors (Lipinski definition) is 1. The van der Waals surface area contributed by atoms with Gasteiger partial charge in [-0.25, -0.2) is 0 Å². The molecule has 2 nitrogen and oxygen atoms in total. The van der Waals surface area contributed by atoms with Crippen LogP contribution < -0.4 is 5.32 Å². The maximum absolute atomic E-state index is 5.03. The van der Waals surface area contributed by atoms with Gasteiger partial charge in [0.25, 0.3) is 0 Å². The minimum Gasteiger partial charge on any atom is -0.383 e. The van der Waals surface area contributed by atoms with Crippen molar-refractivity contribution in [3.8, 4) is 0 Å². The van der Waals surface area contributed by atoms with Gasteiger partial charge in [-0.15, -0.1) is 0 Å². The van der Waals surface area contributed by atoms with E-state index in [-0.39, 0.29) is 0 Å². The number of methoxy groups -OCH3 is 1. The van der Waals surface area contributed by atoms with E-state index in [0.717, 1.165) is 19.7 Å². The third-order valence-corrected chi connectivity index (χ3v) is 4.55. The van der Waals surface area contributed by atoms with E-state index in [0.29, 0.717) is 4.75 Å². The molecule has 1 aliphatic rings. The molecule has 0 aromatic rings. The third kappa shape index (κ3) is 3.79. The molecule has 0 spiro atoms. The highest BCUT2D eigenvalue weighted by Crippen LogP contribution is 2.37. The Morgan fingerprint density at radius 1 is 1.29 bits per heavy atom. The monoisotopic (exact) mass is 217 g/mol. The van der Waals surface area contributed by atoms with E-state index in [1.807, 2.05) is 11.8 Å². The Hall–Kier alpha value is 0.270. The highest BCUT2D eigenvalue weighted by Gasteiger charge is 2.30. The fourth-order valence-electron chi connectivity index (χ4n) is 2.14. The van der Waals surface area contributed by atoms with Gasteiger partial charge in [-0.3, -0.25) is 0 Å². The fraction of sp³-hybridized carbons (Fsp3) is 1.00. The molecule has 1 N–H and O–H groups in total. The van der Waals surface area contributed by atoms with Crippen molar-refractivity contribution in [2.75, 3.05) is 33.1 Å². The van der Waals surface area contributed by atoms with E-state index in [1.165, 1.54) is 32.1 Å². The van der Waals surface area contributed by atoms with Crippen molar-refractivity contribution in [3.63, 3.8) is 0 Å². The first-order valence-electron chi connectivity index (χ1n) is 5.58. The molecule has 0 heterocycles. The molecule has 14 heavy (non-hydrogen) atoms. The molecule has 0 bridgehead atoms. The Balaban J connectivity index is 2.22. The Morgan fingerprint density at radius 2 is 2.00 bits per heavy atom. The molecular weight excluding hydrogens is 194 g/mol. The molecule has 1 saturated carbocycles. The fourth-order valence-corrected chi connectivity index (χ4v) is 3.08. The van der Waals surface area contributed by atoms with E-state index < -0.39 is 0 Å². The van der Waals surface area contributed by atoms with Crippen molar-refractivity contribution >= 4 is 11.8 Å². The van der Waals surface area contributed by atoms with Crippen LogP contribution in [0.25, 0.3) is 0 Å². The first kappa shape index (κ1) is 12.3. The molecule has 1 fully saturated rings. The molecule has 0 aliphatic heterocycles. The predicted molar refractivity (Wildman–Crippen MR) is 64.1 cm³/mol. The Bertz CT molecular complexity index is 146. The number of nitrogens with one attached hydrogen (secondary N) is 1. The lowest BCUT2D eigenvalue weighted by atomic mass is 9.88. The lowest BCUT2D eigenvalue weighted by Gasteiger charge is -2.36. The second-order valence-electron chi connectivity index (χ2n) is 4.12. The number of hydrogen-bond acceptors (Lipinski definition) is 3. The zero-order valence-corrected chi connectivity index (χ0v) is 10.3. The van der Waals surface area contributed by atoms with E-state index in [1.54, 1.807) is 7.11 Å². The highest BCUT2D eigenvalue weighted by atomic mass is 32.2. The van der Waals surface area contributed by atoms with E-state index >= 15 is 0 Å². The molecule has 0 saturated heterocycles. The predicted octanol–water partition coefficient (Wildman–Crippen LogP) is 2.29. The van der Waals surface area contributed by atoms with Crippen LogP contribution >= 0.6 is 11.8 Å². The minimum absolute atomic E-state index is 0.520. The summed E-state index contributed by atoms with van der Waals surface area (Å²) in [5.74, 6) is 0. The quantitative estimate of drug-likeness (QED) is 0.690. The average molecular weight is 217 g/mol. The molecule has 0 aromatic carbocycles. The SMILES string of the molecule is COCCNCC1(SC)CCCCC1. The van der Waals surface area contributed by atoms with Crippen LogP contribution in [0.4, 0.5) is 0 Å². The smallest absolute Gasteiger partial charge is 0.0587 e. The zero-order valence-electron chi connectivity index (χ0n) is 9.47. The zero-order chi connectivity index (χ0) is 10.3. The Kier molecular flexibility index (Phi) is 5.90. The van der Waals surface area contributed by atoms with Crippen LogP contribution in [0.2, 0.25) is 0 Å². The first-order valence-corrected chi connectivity index (χ1v) is 6.80. The standard InChI is InChI=1S/C11H23NOS/c1-13-9-8-12-10-11(14-2)6-4-3-5-7-11/h12H,3-10H2,1-2H3. The van der Waals surface area contributed by atoms with Crippen molar-refractivity contribution in [3.05, 3.63) is 0 Å². The normalized spacial score (nSPS) is 21.0. The summed E-state index contributed by atoms with van der Waals surface area (Å²) in [5, 5.41) is 3.50. The molecule has 0 unspecified atom stereocenters. The summed E-state index contributed by atoms with van der Waals surface area (Å²) in [6.07, 6.45) is 9.27. The number of ether oxygens (including phenoxy) is 1. The summed E-state index contributed by atoms with van der Waals surface area (Å²) in [6.45, 7) is 2.96. The van der Waals surface area contributed by atoms with E-state index in [9.17, 15) is 0 Å². The summed E-state index contributed by atoms with van der Waals surface area (Å²) in [6, 6.07) is 0. The highest BCUT2D eigenvalue weighted by molar-refractivity contribution is 8.00. The van der Waals surface area contributed by atoms with Crippen LogP contribution in [0.5, 0.6) is 0 Å². The minimum atomic E-state index is 0.520. The van der Waals surface area contributed by atoms with Gasteiger partial charge < -0.3 is 10.1 Å². The van der Waals surface area contributed by atoms with Crippen LogP contribution in [0.1, 0.15) is 32.1 Å². The van der Waals surface area contributed by atoms with E-state index in [2.05, 4.69) is 11.6 Å². The molecule has 0 radical (unpaired) electrons. The van der Waals surface area contributed by atoms with Crippen LogP contribution in [-0.2, 0) is 4.74 Å². The summed E-state index contributed by atoms with van der Waals surface area (Å²) in [4.78, 5) is 0.